The Bertz CT molecular complexity index is 695. The zero-order chi connectivity index (χ0) is 14.5. The Hall–Kier alpha value is -2.58. The molecule has 2 rings (SSSR count). The summed E-state index contributed by atoms with van der Waals surface area (Å²) in [7, 11) is 0. The van der Waals surface area contributed by atoms with Gasteiger partial charge in [-0.05, 0) is 23.8 Å². The number of benzene rings is 2. The summed E-state index contributed by atoms with van der Waals surface area (Å²) in [6.45, 7) is 0.427. The van der Waals surface area contributed by atoms with Crippen molar-refractivity contribution in [3.05, 3.63) is 68.7 Å². The predicted octanol–water partition coefficient (Wildman–Crippen LogP) is 3.73. The van der Waals surface area contributed by atoms with Gasteiger partial charge in [-0.15, -0.1) is 0 Å². The monoisotopic (exact) mass is 287 g/mol. The number of halogens is 1. The third-order valence-electron chi connectivity index (χ3n) is 2.70. The van der Waals surface area contributed by atoms with Gasteiger partial charge in [-0.1, -0.05) is 23.7 Å². The zero-order valence-corrected chi connectivity index (χ0v) is 11.1. The van der Waals surface area contributed by atoms with Crippen molar-refractivity contribution >= 4 is 23.0 Å². The molecular weight excluding hydrogens is 278 g/mol. The number of nitriles is 1. The predicted molar refractivity (Wildman–Crippen MR) is 76.6 cm³/mol. The van der Waals surface area contributed by atoms with Crippen molar-refractivity contribution in [2.24, 2.45) is 0 Å². The molecule has 0 unspecified atom stereocenters. The highest BCUT2D eigenvalue weighted by Crippen LogP contribution is 2.27. The number of hydrogen-bond acceptors (Lipinski definition) is 4. The standard InChI is InChI=1S/C14H10ClN3O2/c15-13-5-4-12(18(19)20)7-14(13)17-9-11-3-1-2-10(6-11)8-16/h1-7,17H,9H2. The minimum absolute atomic E-state index is 0.0253. The molecule has 0 aliphatic heterocycles. The highest BCUT2D eigenvalue weighted by atomic mass is 35.5. The maximum Gasteiger partial charge on any atom is 0.271 e. The van der Waals surface area contributed by atoms with Crippen molar-refractivity contribution < 1.29 is 4.92 Å². The molecule has 1 N–H and O–H groups in total. The van der Waals surface area contributed by atoms with Crippen molar-refractivity contribution in [1.29, 1.82) is 5.26 Å². The smallest absolute Gasteiger partial charge is 0.271 e. The highest BCUT2D eigenvalue weighted by Gasteiger charge is 2.09. The van der Waals surface area contributed by atoms with Crippen molar-refractivity contribution in [3.63, 3.8) is 0 Å². The van der Waals surface area contributed by atoms with Crippen LogP contribution >= 0.6 is 11.6 Å². The van der Waals surface area contributed by atoms with E-state index in [1.165, 1.54) is 18.2 Å². The van der Waals surface area contributed by atoms with Crippen LogP contribution in [0.2, 0.25) is 5.02 Å². The second-order valence-corrected chi connectivity index (χ2v) is 4.49. The third-order valence-corrected chi connectivity index (χ3v) is 3.03. The Kier molecular flexibility index (Phi) is 4.18. The molecular formula is C14H10ClN3O2. The summed E-state index contributed by atoms with van der Waals surface area (Å²) < 4.78 is 0. The van der Waals surface area contributed by atoms with E-state index < -0.39 is 4.92 Å². The fraction of sp³-hybridized carbons (Fsp3) is 0.0714. The molecule has 100 valence electrons. The molecule has 0 aliphatic rings. The number of nitro groups is 1. The van der Waals surface area contributed by atoms with Gasteiger partial charge in [0.05, 0.1) is 27.3 Å². The Labute approximate surface area is 120 Å². The molecule has 0 spiro atoms. The van der Waals surface area contributed by atoms with Crippen LogP contribution in [0.25, 0.3) is 0 Å². The lowest BCUT2D eigenvalue weighted by Gasteiger charge is -2.08. The maximum absolute atomic E-state index is 10.7. The van der Waals surface area contributed by atoms with Crippen LogP contribution < -0.4 is 5.32 Å². The number of hydrogen-bond donors (Lipinski definition) is 1. The van der Waals surface area contributed by atoms with Gasteiger partial charge in [0, 0.05) is 18.7 Å². The second-order valence-electron chi connectivity index (χ2n) is 4.09. The average molecular weight is 288 g/mol. The number of nitro benzene ring substituents is 1. The van der Waals surface area contributed by atoms with Crippen LogP contribution in [-0.2, 0) is 6.54 Å². The van der Waals surface area contributed by atoms with E-state index in [2.05, 4.69) is 11.4 Å². The number of non-ortho nitro benzene ring substituents is 1. The molecule has 0 radical (unpaired) electrons. The fourth-order valence-electron chi connectivity index (χ4n) is 1.71. The van der Waals surface area contributed by atoms with Crippen LogP contribution in [0.15, 0.2) is 42.5 Å². The molecule has 5 nitrogen and oxygen atoms in total. The minimum Gasteiger partial charge on any atom is -0.380 e. The van der Waals surface area contributed by atoms with Gasteiger partial charge in [0.2, 0.25) is 0 Å². The lowest BCUT2D eigenvalue weighted by Crippen LogP contribution is -2.01. The minimum atomic E-state index is -0.474. The van der Waals surface area contributed by atoms with Gasteiger partial charge in [-0.3, -0.25) is 10.1 Å². The van der Waals surface area contributed by atoms with Crippen molar-refractivity contribution in [3.8, 4) is 6.07 Å². The van der Waals surface area contributed by atoms with E-state index in [1.54, 1.807) is 18.2 Å². The molecule has 6 heteroatoms. The summed E-state index contributed by atoms with van der Waals surface area (Å²) in [5, 5.41) is 23.0. The number of anilines is 1. The van der Waals surface area contributed by atoms with Crippen molar-refractivity contribution in [1.82, 2.24) is 0 Å². The molecule has 2 aromatic carbocycles. The van der Waals surface area contributed by atoms with E-state index in [4.69, 9.17) is 16.9 Å². The van der Waals surface area contributed by atoms with E-state index in [0.29, 0.717) is 22.8 Å². The first-order chi connectivity index (χ1) is 9.60. The molecule has 0 amide bonds. The van der Waals surface area contributed by atoms with Crippen LogP contribution in [-0.4, -0.2) is 4.92 Å². The van der Waals surface area contributed by atoms with Crippen LogP contribution in [0.3, 0.4) is 0 Å². The Morgan fingerprint density at radius 3 is 2.80 bits per heavy atom. The summed E-state index contributed by atoms with van der Waals surface area (Å²) in [4.78, 5) is 10.2. The van der Waals surface area contributed by atoms with Gasteiger partial charge in [-0.2, -0.15) is 5.26 Å². The van der Waals surface area contributed by atoms with Gasteiger partial charge < -0.3 is 5.32 Å². The Balaban J connectivity index is 2.16. The van der Waals surface area contributed by atoms with Crippen LogP contribution in [0.4, 0.5) is 11.4 Å². The molecule has 0 saturated heterocycles. The first-order valence-corrected chi connectivity index (χ1v) is 6.15. The molecule has 0 saturated carbocycles. The number of nitrogens with zero attached hydrogens (tertiary/aromatic N) is 2. The van der Waals surface area contributed by atoms with E-state index in [1.807, 2.05) is 6.07 Å². The van der Waals surface area contributed by atoms with Crippen molar-refractivity contribution in [2.75, 3.05) is 5.32 Å². The largest absolute Gasteiger partial charge is 0.380 e. The SMILES string of the molecule is N#Cc1cccc(CNc2cc([N+](=O)[O-])ccc2Cl)c1. The summed E-state index contributed by atoms with van der Waals surface area (Å²) in [5.41, 5.74) is 1.92. The fourth-order valence-corrected chi connectivity index (χ4v) is 1.89. The third kappa shape index (κ3) is 3.25. The first kappa shape index (κ1) is 13.8. The second kappa shape index (κ2) is 6.04. The molecule has 2 aromatic rings. The van der Waals surface area contributed by atoms with Gasteiger partial charge >= 0.3 is 0 Å². The summed E-state index contributed by atoms with van der Waals surface area (Å²) in [5.74, 6) is 0. The van der Waals surface area contributed by atoms with Gasteiger partial charge in [-0.25, -0.2) is 0 Å². The summed E-state index contributed by atoms with van der Waals surface area (Å²) in [6, 6.07) is 13.4. The van der Waals surface area contributed by atoms with E-state index >= 15 is 0 Å². The number of nitrogens with one attached hydrogen (secondary N) is 1. The highest BCUT2D eigenvalue weighted by molar-refractivity contribution is 6.33. The average Bonchev–Trinajstić information content (AvgIpc) is 2.46. The summed E-state index contributed by atoms with van der Waals surface area (Å²) in [6.07, 6.45) is 0. The Morgan fingerprint density at radius 1 is 1.30 bits per heavy atom. The lowest BCUT2D eigenvalue weighted by molar-refractivity contribution is -0.384. The first-order valence-electron chi connectivity index (χ1n) is 5.77. The van der Waals surface area contributed by atoms with Crippen LogP contribution in [0, 0.1) is 21.4 Å². The molecule has 0 aromatic heterocycles. The normalized spacial score (nSPS) is 9.80. The summed E-state index contributed by atoms with van der Waals surface area (Å²) >= 11 is 5.99. The van der Waals surface area contributed by atoms with Gasteiger partial charge in [0.15, 0.2) is 0 Å². The van der Waals surface area contributed by atoms with Gasteiger partial charge in [0.25, 0.3) is 5.69 Å². The molecule has 0 heterocycles. The Morgan fingerprint density at radius 2 is 2.10 bits per heavy atom. The zero-order valence-electron chi connectivity index (χ0n) is 10.3. The van der Waals surface area contributed by atoms with Crippen LogP contribution in [0.1, 0.15) is 11.1 Å². The molecule has 0 fully saturated rings. The van der Waals surface area contributed by atoms with E-state index in [9.17, 15) is 10.1 Å². The topological polar surface area (TPSA) is 79.0 Å². The molecule has 20 heavy (non-hydrogen) atoms. The van der Waals surface area contributed by atoms with E-state index in [-0.39, 0.29) is 5.69 Å². The van der Waals surface area contributed by atoms with Crippen molar-refractivity contribution in [2.45, 2.75) is 6.54 Å². The maximum atomic E-state index is 10.7. The molecule has 0 bridgehead atoms. The van der Waals surface area contributed by atoms with E-state index in [0.717, 1.165) is 5.56 Å². The number of rotatable bonds is 4. The lowest BCUT2D eigenvalue weighted by atomic mass is 10.1. The van der Waals surface area contributed by atoms with Crippen LogP contribution in [0.5, 0.6) is 0 Å². The molecule has 0 atom stereocenters. The quantitative estimate of drug-likeness (QED) is 0.686. The van der Waals surface area contributed by atoms with Gasteiger partial charge in [0.1, 0.15) is 0 Å². The molecule has 0 aliphatic carbocycles.